The summed E-state index contributed by atoms with van der Waals surface area (Å²) < 4.78 is 4.88. The Hall–Kier alpha value is -0.240. The number of carbonyl (C=O) groups is 1. The van der Waals surface area contributed by atoms with Crippen LogP contribution in [0, 0.1) is 5.92 Å². The highest BCUT2D eigenvalue weighted by Gasteiger charge is 2.01. The Labute approximate surface area is 111 Å². The maximum absolute atomic E-state index is 10.5. The van der Waals surface area contributed by atoms with E-state index in [1.807, 2.05) is 0 Å². The second-order valence-electron chi connectivity index (χ2n) is 4.83. The smallest absolute Gasteiger partial charge is 0.302 e. The number of hydrogen-bond acceptors (Lipinski definition) is 2. The summed E-state index contributed by atoms with van der Waals surface area (Å²) in [5.41, 5.74) is 0. The van der Waals surface area contributed by atoms with Crippen LogP contribution in [0.15, 0.2) is 0 Å². The van der Waals surface area contributed by atoms with Crippen molar-refractivity contribution >= 4 is 17.6 Å². The second kappa shape index (κ2) is 12.2. The maximum atomic E-state index is 10.5. The molecule has 0 aliphatic heterocycles. The van der Waals surface area contributed by atoms with E-state index in [1.165, 1.54) is 45.4 Å². The van der Waals surface area contributed by atoms with Gasteiger partial charge >= 0.3 is 5.97 Å². The third-order valence-electron chi connectivity index (χ3n) is 2.98. The molecule has 0 radical (unpaired) electrons. The number of carbonyl (C=O) groups excluding carboxylic acids is 1. The zero-order valence-electron chi connectivity index (χ0n) is 11.3. The molecule has 0 aromatic rings. The summed E-state index contributed by atoms with van der Waals surface area (Å²) in [6.07, 6.45) is 9.74. The lowest BCUT2D eigenvalue weighted by Crippen LogP contribution is -2.00. The Morgan fingerprint density at radius 3 is 2.24 bits per heavy atom. The molecule has 0 fully saturated rings. The molecule has 0 aliphatic rings. The molecule has 102 valence electrons. The van der Waals surface area contributed by atoms with Crippen molar-refractivity contribution in [2.45, 2.75) is 65.2 Å². The van der Waals surface area contributed by atoms with Gasteiger partial charge in [0.05, 0.1) is 6.61 Å². The van der Waals surface area contributed by atoms with Crippen molar-refractivity contribution in [1.29, 1.82) is 0 Å². The molecule has 0 bridgehead atoms. The van der Waals surface area contributed by atoms with Crippen molar-refractivity contribution in [3.63, 3.8) is 0 Å². The van der Waals surface area contributed by atoms with Crippen LogP contribution in [0.4, 0.5) is 0 Å². The first-order chi connectivity index (χ1) is 8.16. The van der Waals surface area contributed by atoms with Crippen LogP contribution in [0.5, 0.6) is 0 Å². The largest absolute Gasteiger partial charge is 0.466 e. The number of alkyl halides is 1. The third-order valence-corrected chi connectivity index (χ3v) is 3.24. The summed E-state index contributed by atoms with van der Waals surface area (Å²) >= 11 is 5.65. The molecule has 0 N–H and O–H groups in total. The predicted molar refractivity (Wildman–Crippen MR) is 73.5 cm³/mol. The molecule has 0 rings (SSSR count). The summed E-state index contributed by atoms with van der Waals surface area (Å²) in [6, 6.07) is 0. The SMILES string of the molecule is CC(=O)OCCCCCC[C@@H](C)CCCCCl. The van der Waals surface area contributed by atoms with E-state index in [2.05, 4.69) is 6.92 Å². The van der Waals surface area contributed by atoms with E-state index in [9.17, 15) is 4.79 Å². The molecule has 17 heavy (non-hydrogen) atoms. The number of unbranched alkanes of at least 4 members (excludes halogenated alkanes) is 4. The van der Waals surface area contributed by atoms with E-state index < -0.39 is 0 Å². The molecule has 0 heterocycles. The monoisotopic (exact) mass is 262 g/mol. The fraction of sp³-hybridized carbons (Fsp3) is 0.929. The van der Waals surface area contributed by atoms with Crippen molar-refractivity contribution in [2.24, 2.45) is 5.92 Å². The van der Waals surface area contributed by atoms with Gasteiger partial charge in [-0.3, -0.25) is 4.79 Å². The molecule has 0 unspecified atom stereocenters. The molecule has 0 aromatic heterocycles. The van der Waals surface area contributed by atoms with Gasteiger partial charge in [0, 0.05) is 12.8 Å². The van der Waals surface area contributed by atoms with Gasteiger partial charge in [-0.15, -0.1) is 11.6 Å². The molecule has 1 atom stereocenters. The topological polar surface area (TPSA) is 26.3 Å². The van der Waals surface area contributed by atoms with Crippen molar-refractivity contribution in [3.05, 3.63) is 0 Å². The number of esters is 1. The molecule has 2 nitrogen and oxygen atoms in total. The number of halogens is 1. The van der Waals surface area contributed by atoms with Gasteiger partial charge in [0.25, 0.3) is 0 Å². The number of rotatable bonds is 11. The minimum absolute atomic E-state index is 0.169. The molecule has 0 aromatic carbocycles. The van der Waals surface area contributed by atoms with Crippen molar-refractivity contribution in [1.82, 2.24) is 0 Å². The Morgan fingerprint density at radius 2 is 1.65 bits per heavy atom. The number of ether oxygens (including phenoxy) is 1. The summed E-state index contributed by atoms with van der Waals surface area (Å²) in [5.74, 6) is 1.45. The van der Waals surface area contributed by atoms with Crippen LogP contribution in [-0.2, 0) is 9.53 Å². The van der Waals surface area contributed by atoms with Crippen LogP contribution < -0.4 is 0 Å². The molecule has 0 spiro atoms. The van der Waals surface area contributed by atoms with Gasteiger partial charge < -0.3 is 4.74 Å². The first-order valence-corrected chi connectivity index (χ1v) is 7.39. The zero-order valence-corrected chi connectivity index (χ0v) is 12.1. The Morgan fingerprint density at radius 1 is 1.06 bits per heavy atom. The van der Waals surface area contributed by atoms with Gasteiger partial charge in [-0.1, -0.05) is 45.4 Å². The highest BCUT2D eigenvalue weighted by Crippen LogP contribution is 2.16. The predicted octanol–water partition coefficient (Wildman–Crippen LogP) is 4.55. The molecule has 0 saturated carbocycles. The summed E-state index contributed by atoms with van der Waals surface area (Å²) in [7, 11) is 0. The van der Waals surface area contributed by atoms with Crippen LogP contribution in [-0.4, -0.2) is 18.5 Å². The minimum atomic E-state index is -0.169. The molecule has 0 aliphatic carbocycles. The fourth-order valence-electron chi connectivity index (χ4n) is 1.90. The highest BCUT2D eigenvalue weighted by molar-refractivity contribution is 6.17. The van der Waals surface area contributed by atoms with Crippen LogP contribution in [0.2, 0.25) is 0 Å². The van der Waals surface area contributed by atoms with Crippen LogP contribution in [0.1, 0.15) is 65.2 Å². The minimum Gasteiger partial charge on any atom is -0.466 e. The average molecular weight is 263 g/mol. The molecular weight excluding hydrogens is 236 g/mol. The Kier molecular flexibility index (Phi) is 12.1. The van der Waals surface area contributed by atoms with E-state index in [4.69, 9.17) is 16.3 Å². The van der Waals surface area contributed by atoms with Crippen molar-refractivity contribution < 1.29 is 9.53 Å². The van der Waals surface area contributed by atoms with E-state index >= 15 is 0 Å². The van der Waals surface area contributed by atoms with Gasteiger partial charge in [0.2, 0.25) is 0 Å². The highest BCUT2D eigenvalue weighted by atomic mass is 35.5. The Balaban J connectivity index is 3.13. The molecule has 3 heteroatoms. The Bertz CT molecular complexity index is 183. The lowest BCUT2D eigenvalue weighted by atomic mass is 9.97. The lowest BCUT2D eigenvalue weighted by Gasteiger charge is -2.10. The van der Waals surface area contributed by atoms with E-state index in [0.29, 0.717) is 6.61 Å². The van der Waals surface area contributed by atoms with Crippen molar-refractivity contribution in [3.8, 4) is 0 Å². The average Bonchev–Trinajstić information content (AvgIpc) is 2.28. The van der Waals surface area contributed by atoms with Crippen LogP contribution >= 0.6 is 11.6 Å². The van der Waals surface area contributed by atoms with Gasteiger partial charge in [0.1, 0.15) is 0 Å². The fourth-order valence-corrected chi connectivity index (χ4v) is 2.08. The van der Waals surface area contributed by atoms with Gasteiger partial charge in [0.15, 0.2) is 0 Å². The second-order valence-corrected chi connectivity index (χ2v) is 5.21. The molecular formula is C14H27ClO2. The van der Waals surface area contributed by atoms with Crippen LogP contribution in [0.25, 0.3) is 0 Å². The summed E-state index contributed by atoms with van der Waals surface area (Å²) in [6.45, 7) is 4.37. The first-order valence-electron chi connectivity index (χ1n) is 6.86. The standard InChI is InChI=1S/C14H27ClO2/c1-13(10-6-7-11-15)9-5-3-4-8-12-17-14(2)16/h13H,3-12H2,1-2H3/t13-/m1/s1. The van der Waals surface area contributed by atoms with Gasteiger partial charge in [-0.05, 0) is 18.8 Å². The molecule has 0 amide bonds. The van der Waals surface area contributed by atoms with Crippen LogP contribution in [0.3, 0.4) is 0 Å². The quantitative estimate of drug-likeness (QED) is 0.310. The van der Waals surface area contributed by atoms with E-state index in [-0.39, 0.29) is 5.97 Å². The first kappa shape index (κ1) is 16.8. The lowest BCUT2D eigenvalue weighted by molar-refractivity contribution is -0.141. The summed E-state index contributed by atoms with van der Waals surface area (Å²) in [5, 5.41) is 0. The van der Waals surface area contributed by atoms with Gasteiger partial charge in [-0.25, -0.2) is 0 Å². The summed E-state index contributed by atoms with van der Waals surface area (Å²) in [4.78, 5) is 10.5. The van der Waals surface area contributed by atoms with Crippen molar-refractivity contribution in [2.75, 3.05) is 12.5 Å². The van der Waals surface area contributed by atoms with E-state index in [0.717, 1.165) is 24.6 Å². The zero-order chi connectivity index (χ0) is 12.9. The molecule has 0 saturated heterocycles. The van der Waals surface area contributed by atoms with E-state index in [1.54, 1.807) is 0 Å². The third kappa shape index (κ3) is 13.7. The normalized spacial score (nSPS) is 12.4. The maximum Gasteiger partial charge on any atom is 0.302 e. The number of hydrogen-bond donors (Lipinski definition) is 0. The van der Waals surface area contributed by atoms with Gasteiger partial charge in [-0.2, -0.15) is 0 Å².